The first-order valence-corrected chi connectivity index (χ1v) is 8.20. The minimum atomic E-state index is -1.23. The molecule has 0 radical (unpaired) electrons. The Hall–Kier alpha value is -1.37. The maximum Gasteiger partial charge on any atom is 1.00 e. The van der Waals surface area contributed by atoms with Crippen LogP contribution in [0.5, 0.6) is 0 Å². The predicted octanol–water partition coefficient (Wildman–Crippen LogP) is -1.66. The van der Waals surface area contributed by atoms with Crippen LogP contribution in [0, 0.1) is 11.8 Å². The van der Waals surface area contributed by atoms with Crippen LogP contribution in [0.1, 0.15) is 39.2 Å². The number of hydrogen-bond acceptors (Lipinski definition) is 4. The average molecular weight is 354 g/mol. The van der Waals surface area contributed by atoms with Gasteiger partial charge in [-0.15, -0.1) is 0 Å². The van der Waals surface area contributed by atoms with Crippen molar-refractivity contribution in [3.8, 4) is 0 Å². The van der Waals surface area contributed by atoms with E-state index in [2.05, 4.69) is 5.32 Å². The standard InChI is InChI=1S/C18H24N2O4.Na/c1-11(2)9-13(10-17(22)23)18(24)19-15-5-4-6-16-14(15)7-8-20(16)12(3)21;/h4-6,11,13H,7-10H2,1-3H3,(H,19,24)(H,22,23);/q;+1/p-1. The Kier molecular flexibility index (Phi) is 8.12. The molecule has 6 nitrogen and oxygen atoms in total. The van der Waals surface area contributed by atoms with Crippen molar-refractivity contribution >= 4 is 29.2 Å². The number of aliphatic carboxylic acids is 1. The summed E-state index contributed by atoms with van der Waals surface area (Å²) in [5.41, 5.74) is 2.37. The van der Waals surface area contributed by atoms with E-state index < -0.39 is 11.9 Å². The van der Waals surface area contributed by atoms with Gasteiger partial charge in [0.2, 0.25) is 11.8 Å². The van der Waals surface area contributed by atoms with Gasteiger partial charge in [-0.1, -0.05) is 19.9 Å². The van der Waals surface area contributed by atoms with Crippen molar-refractivity contribution in [2.75, 3.05) is 16.8 Å². The van der Waals surface area contributed by atoms with Gasteiger partial charge in [0.25, 0.3) is 0 Å². The molecule has 1 aliphatic heterocycles. The molecule has 2 amide bonds. The number of carboxylic acids is 1. The Balaban J connectivity index is 0.00000312. The molecule has 1 heterocycles. The molecule has 1 aliphatic rings. The number of fused-ring (bicyclic) bond motifs is 1. The third kappa shape index (κ3) is 5.56. The van der Waals surface area contributed by atoms with E-state index in [1.807, 2.05) is 19.9 Å². The molecule has 0 aromatic heterocycles. The second-order valence-electron chi connectivity index (χ2n) is 6.62. The molecule has 0 spiro atoms. The van der Waals surface area contributed by atoms with Crippen LogP contribution in [-0.2, 0) is 20.8 Å². The number of rotatable bonds is 6. The van der Waals surface area contributed by atoms with Crippen molar-refractivity contribution in [1.82, 2.24) is 0 Å². The van der Waals surface area contributed by atoms with E-state index in [0.717, 1.165) is 11.3 Å². The summed E-state index contributed by atoms with van der Waals surface area (Å²) in [7, 11) is 0. The number of carboxylic acid groups (broad SMARTS) is 1. The summed E-state index contributed by atoms with van der Waals surface area (Å²) in [5, 5.41) is 13.8. The zero-order chi connectivity index (χ0) is 17.9. The van der Waals surface area contributed by atoms with Gasteiger partial charge >= 0.3 is 29.6 Å². The molecular weight excluding hydrogens is 331 g/mol. The first kappa shape index (κ1) is 21.7. The number of carbonyl (C=O) groups excluding carboxylic acids is 3. The Morgan fingerprint density at radius 1 is 1.28 bits per heavy atom. The Bertz CT molecular complexity index is 660. The number of carbonyl (C=O) groups is 3. The number of hydrogen-bond donors (Lipinski definition) is 1. The maximum atomic E-state index is 12.5. The van der Waals surface area contributed by atoms with E-state index in [1.54, 1.807) is 17.0 Å². The maximum absolute atomic E-state index is 12.5. The molecule has 1 aromatic rings. The molecule has 2 rings (SSSR count). The van der Waals surface area contributed by atoms with Crippen molar-refractivity contribution < 1.29 is 49.0 Å². The molecule has 130 valence electrons. The summed E-state index contributed by atoms with van der Waals surface area (Å²) in [6.07, 6.45) is 0.855. The SMILES string of the molecule is CC(=O)N1CCc2c(NC(=O)C(CC(=O)[O-])CC(C)C)cccc21.[Na+]. The summed E-state index contributed by atoms with van der Waals surface area (Å²) in [4.78, 5) is 36.8. The van der Waals surface area contributed by atoms with Gasteiger partial charge in [0.15, 0.2) is 0 Å². The second kappa shape index (κ2) is 9.36. The molecule has 0 aliphatic carbocycles. The van der Waals surface area contributed by atoms with Gasteiger partial charge in [0.05, 0.1) is 0 Å². The number of benzene rings is 1. The van der Waals surface area contributed by atoms with Gasteiger partial charge in [0, 0.05) is 42.3 Å². The van der Waals surface area contributed by atoms with E-state index in [9.17, 15) is 19.5 Å². The zero-order valence-electron chi connectivity index (χ0n) is 15.3. The average Bonchev–Trinajstić information content (AvgIpc) is 2.90. The second-order valence-corrected chi connectivity index (χ2v) is 6.62. The van der Waals surface area contributed by atoms with Crippen LogP contribution in [0.2, 0.25) is 0 Å². The Morgan fingerprint density at radius 3 is 2.52 bits per heavy atom. The van der Waals surface area contributed by atoms with Crippen molar-refractivity contribution in [3.63, 3.8) is 0 Å². The van der Waals surface area contributed by atoms with Crippen LogP contribution in [-0.4, -0.2) is 24.3 Å². The summed E-state index contributed by atoms with van der Waals surface area (Å²) < 4.78 is 0. The summed E-state index contributed by atoms with van der Waals surface area (Å²) in [5.74, 6) is -2.00. The summed E-state index contributed by atoms with van der Waals surface area (Å²) >= 11 is 0. The molecule has 1 unspecified atom stereocenters. The number of nitrogens with one attached hydrogen (secondary N) is 1. The third-order valence-corrected chi connectivity index (χ3v) is 4.21. The van der Waals surface area contributed by atoms with E-state index in [-0.39, 0.29) is 53.7 Å². The van der Waals surface area contributed by atoms with Crippen molar-refractivity contribution in [1.29, 1.82) is 0 Å². The largest absolute Gasteiger partial charge is 1.00 e. The Morgan fingerprint density at radius 2 is 1.96 bits per heavy atom. The van der Waals surface area contributed by atoms with Crippen molar-refractivity contribution in [2.45, 2.75) is 40.0 Å². The third-order valence-electron chi connectivity index (χ3n) is 4.21. The fourth-order valence-corrected chi connectivity index (χ4v) is 3.17. The smallest absolute Gasteiger partial charge is 0.550 e. The summed E-state index contributed by atoms with van der Waals surface area (Å²) in [6, 6.07) is 5.42. The van der Waals surface area contributed by atoms with Crippen LogP contribution < -0.4 is 44.9 Å². The quantitative estimate of drug-likeness (QED) is 0.620. The number of amides is 2. The van der Waals surface area contributed by atoms with Gasteiger partial charge in [0.1, 0.15) is 0 Å². The van der Waals surface area contributed by atoms with Gasteiger partial charge in [-0.25, -0.2) is 0 Å². The molecule has 25 heavy (non-hydrogen) atoms. The normalized spacial score (nSPS) is 13.8. The fourth-order valence-electron chi connectivity index (χ4n) is 3.17. The van der Waals surface area contributed by atoms with Crippen LogP contribution in [0.4, 0.5) is 11.4 Å². The molecule has 0 fully saturated rings. The van der Waals surface area contributed by atoms with Crippen molar-refractivity contribution in [3.05, 3.63) is 23.8 Å². The van der Waals surface area contributed by atoms with Crippen molar-refractivity contribution in [2.24, 2.45) is 11.8 Å². The van der Waals surface area contributed by atoms with Gasteiger partial charge in [-0.3, -0.25) is 9.59 Å². The number of anilines is 2. The van der Waals surface area contributed by atoms with Gasteiger partial charge in [-0.2, -0.15) is 0 Å². The molecule has 1 N–H and O–H groups in total. The van der Waals surface area contributed by atoms with Crippen LogP contribution in [0.3, 0.4) is 0 Å². The molecule has 7 heteroatoms. The molecule has 0 saturated carbocycles. The van der Waals surface area contributed by atoms with Crippen LogP contribution in [0.15, 0.2) is 18.2 Å². The van der Waals surface area contributed by atoms with Gasteiger partial charge < -0.3 is 20.1 Å². The fraction of sp³-hybridized carbons (Fsp3) is 0.500. The minimum absolute atomic E-state index is 0. The van der Waals surface area contributed by atoms with Gasteiger partial charge in [-0.05, 0) is 37.3 Å². The molecule has 0 saturated heterocycles. The zero-order valence-corrected chi connectivity index (χ0v) is 17.3. The molecule has 1 aromatic carbocycles. The van der Waals surface area contributed by atoms with Crippen LogP contribution in [0.25, 0.3) is 0 Å². The Labute approximate surface area is 170 Å². The first-order chi connectivity index (χ1) is 11.3. The minimum Gasteiger partial charge on any atom is -0.550 e. The van der Waals surface area contributed by atoms with Crippen LogP contribution >= 0.6 is 0 Å². The first-order valence-electron chi connectivity index (χ1n) is 8.20. The van der Waals surface area contributed by atoms with E-state index >= 15 is 0 Å². The van der Waals surface area contributed by atoms with E-state index in [0.29, 0.717) is 25.1 Å². The topological polar surface area (TPSA) is 89.5 Å². The number of nitrogens with zero attached hydrogens (tertiary/aromatic N) is 1. The summed E-state index contributed by atoms with van der Waals surface area (Å²) in [6.45, 7) is 5.99. The molecular formula is C18H23N2NaO4. The molecule has 0 bridgehead atoms. The predicted molar refractivity (Wildman–Crippen MR) is 89.4 cm³/mol. The van der Waals surface area contributed by atoms with E-state index in [1.165, 1.54) is 6.92 Å². The van der Waals surface area contributed by atoms with E-state index in [4.69, 9.17) is 0 Å². The molecule has 1 atom stereocenters. The monoisotopic (exact) mass is 354 g/mol.